The molecule has 0 aliphatic rings. The van der Waals surface area contributed by atoms with Crippen LogP contribution >= 0.6 is 0 Å². The number of hydrogen-bond donors (Lipinski definition) is 2. The normalized spacial score (nSPS) is 10.9. The molecule has 0 bridgehead atoms. The molecule has 28 heavy (non-hydrogen) atoms. The zero-order chi connectivity index (χ0) is 19.8. The molecule has 1 amide bonds. The lowest BCUT2D eigenvalue weighted by molar-refractivity contribution is 0.102. The summed E-state index contributed by atoms with van der Waals surface area (Å²) in [7, 11) is 1.75. The minimum atomic E-state index is -0.547. The lowest BCUT2D eigenvalue weighted by atomic mass is 10.1. The number of aromatic amines is 1. The van der Waals surface area contributed by atoms with Gasteiger partial charge in [-0.05, 0) is 36.6 Å². The van der Waals surface area contributed by atoms with E-state index in [2.05, 4.69) is 10.3 Å². The first-order valence-corrected chi connectivity index (χ1v) is 8.75. The van der Waals surface area contributed by atoms with Crippen molar-refractivity contribution in [3.8, 4) is 5.69 Å². The Kier molecular flexibility index (Phi) is 4.19. The van der Waals surface area contributed by atoms with Crippen LogP contribution in [0.1, 0.15) is 16.2 Å². The first kappa shape index (κ1) is 17.5. The van der Waals surface area contributed by atoms with Crippen molar-refractivity contribution in [1.29, 1.82) is 0 Å². The molecule has 2 aromatic heterocycles. The number of carbonyl (C=O) groups excluding carboxylic acids is 1. The summed E-state index contributed by atoms with van der Waals surface area (Å²) in [6.07, 6.45) is 0. The average molecular weight is 374 g/mol. The van der Waals surface area contributed by atoms with Crippen LogP contribution in [-0.2, 0) is 7.05 Å². The molecular formula is C21H18N4O3. The molecule has 7 heteroatoms. The zero-order valence-corrected chi connectivity index (χ0v) is 15.4. The largest absolute Gasteiger partial charge is 0.317 e. The van der Waals surface area contributed by atoms with Crippen LogP contribution < -0.4 is 16.4 Å². The van der Waals surface area contributed by atoms with Crippen LogP contribution in [0.4, 0.5) is 5.69 Å². The van der Waals surface area contributed by atoms with E-state index in [1.807, 2.05) is 30.3 Å². The van der Waals surface area contributed by atoms with Crippen LogP contribution in [0.15, 0.2) is 70.3 Å². The Morgan fingerprint density at radius 1 is 1.00 bits per heavy atom. The zero-order valence-electron chi connectivity index (χ0n) is 15.4. The fourth-order valence-electron chi connectivity index (χ4n) is 3.23. The number of aromatic nitrogens is 3. The van der Waals surface area contributed by atoms with E-state index in [1.165, 1.54) is 4.68 Å². The molecule has 4 aromatic rings. The van der Waals surface area contributed by atoms with Gasteiger partial charge in [0.15, 0.2) is 0 Å². The Morgan fingerprint density at radius 3 is 2.43 bits per heavy atom. The molecule has 0 spiro atoms. The molecule has 0 radical (unpaired) electrons. The van der Waals surface area contributed by atoms with E-state index in [0.29, 0.717) is 22.2 Å². The van der Waals surface area contributed by atoms with Crippen LogP contribution in [0.25, 0.3) is 16.5 Å². The lowest BCUT2D eigenvalue weighted by Crippen LogP contribution is -2.24. The number of fused-ring (bicyclic) bond motifs is 1. The van der Waals surface area contributed by atoms with Gasteiger partial charge in [-0.25, -0.2) is 4.68 Å². The van der Waals surface area contributed by atoms with E-state index >= 15 is 0 Å². The van der Waals surface area contributed by atoms with Gasteiger partial charge in [-0.3, -0.25) is 19.1 Å². The highest BCUT2D eigenvalue weighted by atomic mass is 16.2. The fourth-order valence-corrected chi connectivity index (χ4v) is 3.23. The molecule has 2 aromatic carbocycles. The van der Waals surface area contributed by atoms with Gasteiger partial charge < -0.3 is 10.3 Å². The summed E-state index contributed by atoms with van der Waals surface area (Å²) in [4.78, 5) is 40.5. The number of benzene rings is 2. The van der Waals surface area contributed by atoms with Crippen LogP contribution in [0.3, 0.4) is 0 Å². The Balaban J connectivity index is 1.75. The fraction of sp³-hybridized carbons (Fsp3) is 0.0952. The quantitative estimate of drug-likeness (QED) is 0.578. The second kappa shape index (κ2) is 6.70. The molecule has 0 atom stereocenters. The molecule has 7 nitrogen and oxygen atoms in total. The van der Waals surface area contributed by atoms with Crippen molar-refractivity contribution in [3.63, 3.8) is 0 Å². The minimum Gasteiger partial charge on any atom is -0.317 e. The highest BCUT2D eigenvalue weighted by Crippen LogP contribution is 2.16. The van der Waals surface area contributed by atoms with Crippen LogP contribution in [-0.4, -0.2) is 20.3 Å². The molecule has 2 heterocycles. The van der Waals surface area contributed by atoms with E-state index in [4.69, 9.17) is 0 Å². The van der Waals surface area contributed by atoms with Gasteiger partial charge >= 0.3 is 0 Å². The summed E-state index contributed by atoms with van der Waals surface area (Å²) in [6.45, 7) is 1.75. The molecule has 2 N–H and O–H groups in total. The second-order valence-electron chi connectivity index (χ2n) is 6.49. The smallest absolute Gasteiger partial charge is 0.295 e. The summed E-state index contributed by atoms with van der Waals surface area (Å²) in [5.41, 5.74) is 0.864. The van der Waals surface area contributed by atoms with Crippen LogP contribution in [0.5, 0.6) is 0 Å². The molecule has 0 fully saturated rings. The Morgan fingerprint density at radius 2 is 1.68 bits per heavy atom. The Labute approximate surface area is 159 Å². The number of para-hydroxylation sites is 1. The van der Waals surface area contributed by atoms with Gasteiger partial charge in [-0.15, -0.1) is 0 Å². The van der Waals surface area contributed by atoms with Crippen molar-refractivity contribution in [2.75, 3.05) is 5.32 Å². The maximum Gasteiger partial charge on any atom is 0.295 e. The van der Waals surface area contributed by atoms with Crippen molar-refractivity contribution >= 4 is 22.4 Å². The maximum absolute atomic E-state index is 12.9. The Bertz CT molecular complexity index is 1310. The first-order valence-electron chi connectivity index (χ1n) is 8.75. The third-order valence-electron chi connectivity index (χ3n) is 4.79. The lowest BCUT2D eigenvalue weighted by Gasteiger charge is -2.07. The van der Waals surface area contributed by atoms with Gasteiger partial charge in [0.2, 0.25) is 0 Å². The van der Waals surface area contributed by atoms with Crippen molar-refractivity contribution in [2.45, 2.75) is 6.92 Å². The minimum absolute atomic E-state index is 0.0950. The number of hydrogen-bond acceptors (Lipinski definition) is 3. The monoisotopic (exact) mass is 374 g/mol. The number of anilines is 1. The number of nitrogens with zero attached hydrogens (tertiary/aromatic N) is 2. The van der Waals surface area contributed by atoms with E-state index in [9.17, 15) is 14.4 Å². The van der Waals surface area contributed by atoms with Gasteiger partial charge in [0.1, 0.15) is 11.4 Å². The summed E-state index contributed by atoms with van der Waals surface area (Å²) >= 11 is 0. The van der Waals surface area contributed by atoms with Crippen molar-refractivity contribution in [2.24, 2.45) is 7.05 Å². The second-order valence-corrected chi connectivity index (χ2v) is 6.49. The average Bonchev–Trinajstić information content (AvgIpc) is 2.92. The standard InChI is InChI=1S/C21H18N4O3/c1-13-18(21(28)25(24(13)2)15-9-4-3-5-10-15)23-20(27)17-12-14-8-6-7-11-16(14)19(26)22-17/h3-12H,1-2H3,(H,22,26)(H,23,27). The summed E-state index contributed by atoms with van der Waals surface area (Å²) in [5, 5.41) is 3.81. The number of carbonyl (C=O) groups is 1. The van der Waals surface area contributed by atoms with Gasteiger partial charge in [-0.1, -0.05) is 36.4 Å². The SMILES string of the molecule is Cc1c(NC(=O)c2cc3ccccc3c(=O)[nH]2)c(=O)n(-c2ccccc2)n1C. The summed E-state index contributed by atoms with van der Waals surface area (Å²) < 4.78 is 3.16. The van der Waals surface area contributed by atoms with Crippen molar-refractivity contribution < 1.29 is 4.79 Å². The number of rotatable bonds is 3. The summed E-state index contributed by atoms with van der Waals surface area (Å²) in [6, 6.07) is 17.8. The topological polar surface area (TPSA) is 88.9 Å². The van der Waals surface area contributed by atoms with Crippen LogP contribution in [0.2, 0.25) is 0 Å². The van der Waals surface area contributed by atoms with Crippen molar-refractivity contribution in [3.05, 3.63) is 92.8 Å². The third-order valence-corrected chi connectivity index (χ3v) is 4.79. The van der Waals surface area contributed by atoms with Crippen LogP contribution in [0, 0.1) is 6.92 Å². The number of amides is 1. The van der Waals surface area contributed by atoms with Gasteiger partial charge in [0.05, 0.1) is 11.4 Å². The van der Waals surface area contributed by atoms with Gasteiger partial charge in [0, 0.05) is 12.4 Å². The maximum atomic E-state index is 12.9. The molecular weight excluding hydrogens is 356 g/mol. The van der Waals surface area contributed by atoms with Gasteiger partial charge in [-0.2, -0.15) is 0 Å². The van der Waals surface area contributed by atoms with Gasteiger partial charge in [0.25, 0.3) is 17.0 Å². The Hall–Kier alpha value is -3.87. The highest BCUT2D eigenvalue weighted by molar-refractivity contribution is 6.05. The molecule has 0 aliphatic heterocycles. The molecule has 140 valence electrons. The molecule has 0 saturated heterocycles. The molecule has 0 aliphatic carbocycles. The number of nitrogens with one attached hydrogen (secondary N) is 2. The first-order chi connectivity index (χ1) is 13.5. The summed E-state index contributed by atoms with van der Waals surface area (Å²) in [5.74, 6) is -0.547. The van der Waals surface area contributed by atoms with E-state index in [1.54, 1.807) is 49.0 Å². The number of H-pyrrole nitrogens is 1. The van der Waals surface area contributed by atoms with E-state index < -0.39 is 5.91 Å². The molecule has 0 saturated carbocycles. The predicted octanol–water partition coefficient (Wildman–Crippen LogP) is 2.58. The third kappa shape index (κ3) is 2.83. The predicted molar refractivity (Wildman–Crippen MR) is 108 cm³/mol. The number of pyridine rings is 1. The molecule has 0 unspecified atom stereocenters. The molecule has 4 rings (SSSR count). The van der Waals surface area contributed by atoms with E-state index in [-0.39, 0.29) is 22.5 Å². The van der Waals surface area contributed by atoms with E-state index in [0.717, 1.165) is 0 Å². The van der Waals surface area contributed by atoms with Crippen molar-refractivity contribution in [1.82, 2.24) is 14.3 Å². The highest BCUT2D eigenvalue weighted by Gasteiger charge is 2.19.